The Morgan fingerprint density at radius 1 is 1.20 bits per heavy atom. The molecule has 0 aromatic heterocycles. The van der Waals surface area contributed by atoms with Crippen LogP contribution in [0.3, 0.4) is 0 Å². The van der Waals surface area contributed by atoms with E-state index in [-0.39, 0.29) is 23.9 Å². The van der Waals surface area contributed by atoms with Crippen molar-refractivity contribution in [1.29, 1.82) is 0 Å². The van der Waals surface area contributed by atoms with Crippen molar-refractivity contribution in [3.05, 3.63) is 65.2 Å². The van der Waals surface area contributed by atoms with Crippen LogP contribution in [-0.4, -0.2) is 37.4 Å². The van der Waals surface area contributed by atoms with Crippen molar-refractivity contribution >= 4 is 17.5 Å². The second-order valence-corrected chi connectivity index (χ2v) is 5.77. The molecule has 0 fully saturated rings. The summed E-state index contributed by atoms with van der Waals surface area (Å²) in [6, 6.07) is 10.0. The first-order chi connectivity index (χ1) is 11.9. The lowest BCUT2D eigenvalue weighted by molar-refractivity contribution is -0.119. The van der Waals surface area contributed by atoms with E-state index in [0.717, 1.165) is 12.1 Å². The second-order valence-electron chi connectivity index (χ2n) is 5.77. The number of nitrogens with zero attached hydrogens (tertiary/aromatic N) is 2. The molecule has 0 saturated heterocycles. The van der Waals surface area contributed by atoms with Gasteiger partial charge in [-0.15, -0.1) is 0 Å². The molecule has 2 amide bonds. The van der Waals surface area contributed by atoms with Gasteiger partial charge in [-0.1, -0.05) is 12.1 Å². The van der Waals surface area contributed by atoms with Crippen LogP contribution < -0.4 is 10.2 Å². The number of halogens is 2. The van der Waals surface area contributed by atoms with Gasteiger partial charge in [0.15, 0.2) is 0 Å². The van der Waals surface area contributed by atoms with E-state index in [1.54, 1.807) is 29.2 Å². The highest BCUT2D eigenvalue weighted by Crippen LogP contribution is 2.38. The summed E-state index contributed by atoms with van der Waals surface area (Å²) in [4.78, 5) is 27.6. The molecule has 3 rings (SSSR count). The predicted octanol–water partition coefficient (Wildman–Crippen LogP) is 2.30. The number of para-hydroxylation sites is 1. The summed E-state index contributed by atoms with van der Waals surface area (Å²) in [5.74, 6) is -2.06. The van der Waals surface area contributed by atoms with Crippen molar-refractivity contribution in [1.82, 2.24) is 10.2 Å². The van der Waals surface area contributed by atoms with Crippen molar-refractivity contribution in [3.8, 4) is 0 Å². The zero-order valence-corrected chi connectivity index (χ0v) is 13.8. The smallest absolute Gasteiger partial charge is 0.257 e. The van der Waals surface area contributed by atoms with Crippen LogP contribution in [0.15, 0.2) is 42.5 Å². The van der Waals surface area contributed by atoms with Gasteiger partial charge < -0.3 is 15.1 Å². The Morgan fingerprint density at radius 2 is 1.92 bits per heavy atom. The minimum atomic E-state index is -0.861. The first-order valence-electron chi connectivity index (χ1n) is 7.72. The Labute approximate surface area is 143 Å². The fourth-order valence-electron chi connectivity index (χ4n) is 3.04. The number of amides is 2. The Morgan fingerprint density at radius 3 is 2.60 bits per heavy atom. The highest BCUT2D eigenvalue weighted by Gasteiger charge is 2.38. The average molecular weight is 345 g/mol. The molecule has 0 spiro atoms. The van der Waals surface area contributed by atoms with E-state index in [1.807, 2.05) is 0 Å². The lowest BCUT2D eigenvalue weighted by atomic mass is 10.0. The molecule has 5 nitrogen and oxygen atoms in total. The molecular weight excluding hydrogens is 328 g/mol. The van der Waals surface area contributed by atoms with E-state index >= 15 is 0 Å². The Balaban J connectivity index is 2.16. The molecule has 7 heteroatoms. The van der Waals surface area contributed by atoms with Crippen LogP contribution in [0.2, 0.25) is 0 Å². The van der Waals surface area contributed by atoms with Crippen LogP contribution >= 0.6 is 0 Å². The molecule has 0 saturated carbocycles. The fourth-order valence-corrected chi connectivity index (χ4v) is 3.04. The molecule has 1 N–H and O–H groups in total. The topological polar surface area (TPSA) is 52.7 Å². The van der Waals surface area contributed by atoms with E-state index in [2.05, 4.69) is 5.32 Å². The number of carbonyl (C=O) groups excluding carboxylic acids is 2. The summed E-state index contributed by atoms with van der Waals surface area (Å²) in [5, 5.41) is 2.53. The minimum absolute atomic E-state index is 0.0768. The molecule has 1 aliphatic rings. The Kier molecular flexibility index (Phi) is 4.39. The van der Waals surface area contributed by atoms with Crippen LogP contribution in [-0.2, 0) is 4.79 Å². The highest BCUT2D eigenvalue weighted by atomic mass is 19.1. The molecule has 1 heterocycles. The number of anilines is 1. The summed E-state index contributed by atoms with van der Waals surface area (Å²) in [7, 11) is 3.03. The van der Waals surface area contributed by atoms with E-state index in [9.17, 15) is 18.4 Å². The number of rotatable bonds is 3. The predicted molar refractivity (Wildman–Crippen MR) is 89.0 cm³/mol. The number of likely N-dealkylation sites (N-methyl/N-ethyl adjacent to an activating group) is 1. The van der Waals surface area contributed by atoms with Crippen molar-refractivity contribution < 1.29 is 18.4 Å². The third kappa shape index (κ3) is 2.93. The Bertz CT molecular complexity index is 841. The summed E-state index contributed by atoms with van der Waals surface area (Å²) < 4.78 is 27.7. The van der Waals surface area contributed by atoms with E-state index in [1.165, 1.54) is 25.1 Å². The zero-order chi connectivity index (χ0) is 18.1. The average Bonchev–Trinajstić information content (AvgIpc) is 2.60. The van der Waals surface area contributed by atoms with Crippen molar-refractivity contribution in [2.24, 2.45) is 0 Å². The summed E-state index contributed by atoms with van der Waals surface area (Å²) >= 11 is 0. The number of carbonyl (C=O) groups is 2. The fraction of sp³-hybridized carbons (Fsp3) is 0.222. The summed E-state index contributed by atoms with van der Waals surface area (Å²) in [6.07, 6.45) is -0.861. The molecule has 0 unspecified atom stereocenters. The summed E-state index contributed by atoms with van der Waals surface area (Å²) in [6.45, 7) is -0.0768. The van der Waals surface area contributed by atoms with Gasteiger partial charge in [0.25, 0.3) is 5.91 Å². The number of hydrogen-bond acceptors (Lipinski definition) is 3. The normalized spacial score (nSPS) is 16.6. The summed E-state index contributed by atoms with van der Waals surface area (Å²) in [5.41, 5.74) is 1.08. The second kappa shape index (κ2) is 6.51. The molecule has 1 atom stereocenters. The van der Waals surface area contributed by atoms with Crippen molar-refractivity contribution in [3.63, 3.8) is 0 Å². The van der Waals surface area contributed by atoms with Gasteiger partial charge in [-0.3, -0.25) is 9.59 Å². The van der Waals surface area contributed by atoms with Crippen LogP contribution in [0.4, 0.5) is 14.5 Å². The molecule has 0 bridgehead atoms. The van der Waals surface area contributed by atoms with Crippen LogP contribution in [0.1, 0.15) is 22.1 Å². The van der Waals surface area contributed by atoms with Gasteiger partial charge in [0.2, 0.25) is 5.91 Å². The van der Waals surface area contributed by atoms with E-state index in [4.69, 9.17) is 0 Å². The third-order valence-corrected chi connectivity index (χ3v) is 4.26. The number of benzene rings is 2. The van der Waals surface area contributed by atoms with Gasteiger partial charge in [0.1, 0.15) is 17.8 Å². The van der Waals surface area contributed by atoms with Gasteiger partial charge in [-0.05, 0) is 24.3 Å². The standard InChI is InChI=1S/C18H17F2N3O2/c1-21-16(24)10-23-15-6-4-3-5-13(15)18(25)22(2)17(23)12-8-7-11(19)9-14(12)20/h3-9,17H,10H2,1-2H3,(H,21,24)/t17-/m1/s1. The first kappa shape index (κ1) is 16.9. The van der Waals surface area contributed by atoms with Gasteiger partial charge in [-0.2, -0.15) is 0 Å². The lowest BCUT2D eigenvalue weighted by Gasteiger charge is -2.43. The van der Waals surface area contributed by atoms with Gasteiger partial charge in [-0.25, -0.2) is 8.78 Å². The van der Waals surface area contributed by atoms with Crippen molar-refractivity contribution in [2.75, 3.05) is 25.5 Å². The maximum absolute atomic E-state index is 14.4. The van der Waals surface area contributed by atoms with Gasteiger partial charge in [0, 0.05) is 25.7 Å². The van der Waals surface area contributed by atoms with E-state index in [0.29, 0.717) is 11.3 Å². The number of hydrogen-bond donors (Lipinski definition) is 1. The molecular formula is C18H17F2N3O2. The lowest BCUT2D eigenvalue weighted by Crippen LogP contribution is -2.50. The van der Waals surface area contributed by atoms with Gasteiger partial charge in [0.05, 0.1) is 17.8 Å². The minimum Gasteiger partial charge on any atom is -0.358 e. The van der Waals surface area contributed by atoms with Gasteiger partial charge >= 0.3 is 0 Å². The third-order valence-electron chi connectivity index (χ3n) is 4.26. The van der Waals surface area contributed by atoms with Crippen LogP contribution in [0.25, 0.3) is 0 Å². The Hall–Kier alpha value is -2.96. The largest absolute Gasteiger partial charge is 0.358 e. The molecule has 0 radical (unpaired) electrons. The molecule has 2 aromatic carbocycles. The molecule has 130 valence electrons. The SMILES string of the molecule is CNC(=O)CN1c2ccccc2C(=O)N(C)[C@H]1c1ccc(F)cc1F. The molecule has 1 aliphatic heterocycles. The maximum Gasteiger partial charge on any atom is 0.257 e. The monoisotopic (exact) mass is 345 g/mol. The molecule has 2 aromatic rings. The van der Waals surface area contributed by atoms with E-state index < -0.39 is 17.8 Å². The van der Waals surface area contributed by atoms with Crippen LogP contribution in [0.5, 0.6) is 0 Å². The highest BCUT2D eigenvalue weighted by molar-refractivity contribution is 6.02. The maximum atomic E-state index is 14.4. The number of fused-ring (bicyclic) bond motifs is 1. The molecule has 25 heavy (non-hydrogen) atoms. The zero-order valence-electron chi connectivity index (χ0n) is 13.8. The first-order valence-corrected chi connectivity index (χ1v) is 7.72. The van der Waals surface area contributed by atoms with Crippen molar-refractivity contribution in [2.45, 2.75) is 6.17 Å². The quantitative estimate of drug-likeness (QED) is 0.929. The molecule has 0 aliphatic carbocycles. The number of nitrogens with one attached hydrogen (secondary N) is 1. The van der Waals surface area contributed by atoms with Crippen LogP contribution in [0, 0.1) is 11.6 Å².